The summed E-state index contributed by atoms with van der Waals surface area (Å²) in [5.41, 5.74) is 0.167. The minimum Gasteiger partial charge on any atom is -0.499 e. The molecular weight excluding hydrogens is 1130 g/mol. The van der Waals surface area contributed by atoms with Crippen LogP contribution in [0, 0.1) is 0 Å². The van der Waals surface area contributed by atoms with Gasteiger partial charge in [-0.05, 0) is 64.7 Å². The lowest BCUT2D eigenvalue weighted by molar-refractivity contribution is -0.144. The SMILES string of the molecule is C=COCCOC.CCCCCCOCC1(CC)CO1.COCC1CO1.COCCCC(=O)OCC1CO1.COCCCCCCCCOCC1CO1.COCCCCCCOCC1(C)CO1.COCCCCOCC1CO1.COCCOCC1CO1. The second kappa shape index (κ2) is 64.4. The fraction of sp³-hybridized carbons (Fsp3) is 0.954. The van der Waals surface area contributed by atoms with E-state index in [1.807, 2.05) is 0 Å². The first-order valence-corrected chi connectivity index (χ1v) is 32.6. The molecule has 0 radical (unpaired) electrons. The van der Waals surface area contributed by atoms with E-state index in [1.165, 1.54) is 83.3 Å². The van der Waals surface area contributed by atoms with Crippen LogP contribution in [0.15, 0.2) is 12.8 Å². The highest BCUT2D eigenvalue weighted by molar-refractivity contribution is 5.69. The van der Waals surface area contributed by atoms with E-state index in [4.69, 9.17) is 94.7 Å². The molecule has 7 aliphatic rings. The molecule has 0 N–H and O–H groups in total. The number of ether oxygens (including phenoxy) is 21. The molecule has 7 heterocycles. The third-order valence-electron chi connectivity index (χ3n) is 13.3. The van der Waals surface area contributed by atoms with E-state index in [1.54, 1.807) is 49.8 Å². The van der Waals surface area contributed by atoms with E-state index in [0.717, 1.165) is 171 Å². The molecular formula is C65H128O22. The van der Waals surface area contributed by atoms with Gasteiger partial charge in [-0.3, -0.25) is 4.79 Å². The molecule has 0 aromatic rings. The van der Waals surface area contributed by atoms with E-state index in [-0.39, 0.29) is 23.3 Å². The topological polar surface area (TPSA) is 234 Å². The first kappa shape index (κ1) is 85.2. The zero-order chi connectivity index (χ0) is 63.8. The van der Waals surface area contributed by atoms with Crippen LogP contribution in [-0.4, -0.2) is 269 Å². The summed E-state index contributed by atoms with van der Waals surface area (Å²) in [4.78, 5) is 10.9. The summed E-state index contributed by atoms with van der Waals surface area (Å²) in [5.74, 6) is -0.164. The van der Waals surface area contributed by atoms with E-state index in [9.17, 15) is 4.79 Å². The summed E-state index contributed by atoms with van der Waals surface area (Å²) in [6.07, 6.45) is 25.2. The third kappa shape index (κ3) is 71.6. The molecule has 0 saturated carbocycles. The van der Waals surface area contributed by atoms with Gasteiger partial charge < -0.3 is 99.5 Å². The molecule has 0 aliphatic carbocycles. The van der Waals surface area contributed by atoms with E-state index >= 15 is 0 Å². The zero-order valence-corrected chi connectivity index (χ0v) is 56.5. The number of hydrogen-bond donors (Lipinski definition) is 0. The molecule has 0 bridgehead atoms. The molecule has 7 rings (SSSR count). The van der Waals surface area contributed by atoms with Crippen LogP contribution >= 0.6 is 0 Å². The second-order valence-electron chi connectivity index (χ2n) is 22.2. The minimum absolute atomic E-state index is 0.0516. The van der Waals surface area contributed by atoms with Gasteiger partial charge in [0.2, 0.25) is 0 Å². The van der Waals surface area contributed by atoms with Gasteiger partial charge in [0, 0.05) is 109 Å². The van der Waals surface area contributed by atoms with Crippen molar-refractivity contribution >= 4 is 5.97 Å². The van der Waals surface area contributed by atoms with Crippen molar-refractivity contribution in [2.45, 2.75) is 184 Å². The van der Waals surface area contributed by atoms with Crippen LogP contribution in [0.1, 0.15) is 143 Å². The number of methoxy groups -OCH3 is 7. The highest BCUT2D eigenvalue weighted by Crippen LogP contribution is 2.30. The number of unbranched alkanes of at least 4 members (excludes halogenated alkanes) is 12. The molecule has 7 saturated heterocycles. The molecule has 0 aromatic heterocycles. The Balaban J connectivity index is 0.000000985. The molecule has 22 nitrogen and oxygen atoms in total. The average molecular weight is 1260 g/mol. The van der Waals surface area contributed by atoms with Crippen molar-refractivity contribution in [1.29, 1.82) is 0 Å². The summed E-state index contributed by atoms with van der Waals surface area (Å²) >= 11 is 0. The third-order valence-corrected chi connectivity index (χ3v) is 13.3. The standard InChI is InChI=1S/C12H24O3.C11H22O3.C11H22O2.C8H14O4.C8H16O3.C6H12O3.C5H10O2.C4H8O2/c1-13-8-6-4-2-3-5-7-9-14-10-12-11-15-12;1-11(10-14-11)9-13-8-6-4-3-5-7-12-2;1-3-5-6-7-8-12-9-11(4-2)10-13-11;1-10-4-2-3-8(9)12-6-7-5-11-7;1-9-4-2-3-5-10-6-8-7-11-8;1-7-2-3-8-4-6-5-9-6;1-3-7-5-4-6-2;1-5-2-4-3-6-4/h12H,2-11H2,1H3;3-10H2,1-2H3;3-10H2,1-2H3;7H,2-6H2,1H3;8H,2-7H2,1H3;6H,2-5H2,1H3;3H,1,4-5H2,2H3;4H,2-3H2,1H3. The van der Waals surface area contributed by atoms with Gasteiger partial charge in [0.25, 0.3) is 0 Å². The molecule has 7 aliphatic heterocycles. The maximum Gasteiger partial charge on any atom is 0.305 e. The van der Waals surface area contributed by atoms with Crippen LogP contribution in [0.3, 0.4) is 0 Å². The molecule has 22 heteroatoms. The Bertz CT molecular complexity index is 1390. The van der Waals surface area contributed by atoms with Crippen LogP contribution in [0.2, 0.25) is 0 Å². The Morgan fingerprint density at radius 2 is 0.770 bits per heavy atom. The quantitative estimate of drug-likeness (QED) is 0.0239. The van der Waals surface area contributed by atoms with Crippen LogP contribution in [-0.2, 0) is 104 Å². The van der Waals surface area contributed by atoms with Gasteiger partial charge in [-0.25, -0.2) is 0 Å². The maximum absolute atomic E-state index is 10.9. The molecule has 520 valence electrons. The van der Waals surface area contributed by atoms with Crippen molar-refractivity contribution in [3.63, 3.8) is 0 Å². The zero-order valence-electron chi connectivity index (χ0n) is 56.5. The summed E-state index contributed by atoms with van der Waals surface area (Å²) in [5, 5.41) is 0. The van der Waals surface area contributed by atoms with Crippen LogP contribution in [0.4, 0.5) is 0 Å². The smallest absolute Gasteiger partial charge is 0.305 e. The number of carbonyl (C=O) groups is 1. The lowest BCUT2D eigenvalue weighted by atomic mass is 10.1. The van der Waals surface area contributed by atoms with Gasteiger partial charge in [0.15, 0.2) is 0 Å². The molecule has 87 heavy (non-hydrogen) atoms. The van der Waals surface area contributed by atoms with Crippen LogP contribution in [0.5, 0.6) is 0 Å². The normalized spacial score (nSPS) is 22.3. The predicted molar refractivity (Wildman–Crippen MR) is 335 cm³/mol. The van der Waals surface area contributed by atoms with Crippen molar-refractivity contribution in [2.75, 3.05) is 222 Å². The summed E-state index contributed by atoms with van der Waals surface area (Å²) < 4.78 is 106. The fourth-order valence-electron chi connectivity index (χ4n) is 6.91. The lowest BCUT2D eigenvalue weighted by Gasteiger charge is -2.09. The predicted octanol–water partition coefficient (Wildman–Crippen LogP) is 9.21. The number of rotatable bonds is 52. The largest absolute Gasteiger partial charge is 0.499 e. The monoisotopic (exact) mass is 1260 g/mol. The van der Waals surface area contributed by atoms with Gasteiger partial charge in [0.05, 0.1) is 112 Å². The molecule has 7 atom stereocenters. The van der Waals surface area contributed by atoms with Crippen molar-refractivity contribution in [3.8, 4) is 0 Å². The summed E-state index contributed by atoms with van der Waals surface area (Å²) in [6.45, 7) is 30.2. The number of esters is 1. The minimum atomic E-state index is -0.164. The number of carbonyl (C=O) groups excluding carboxylic acids is 1. The first-order chi connectivity index (χ1) is 42.6. The van der Waals surface area contributed by atoms with Crippen molar-refractivity contribution in [1.82, 2.24) is 0 Å². The van der Waals surface area contributed by atoms with Gasteiger partial charge in [-0.1, -0.05) is 78.2 Å². The van der Waals surface area contributed by atoms with Crippen molar-refractivity contribution in [2.24, 2.45) is 0 Å². The van der Waals surface area contributed by atoms with Gasteiger partial charge in [-0.15, -0.1) is 0 Å². The Morgan fingerprint density at radius 1 is 0.414 bits per heavy atom. The van der Waals surface area contributed by atoms with Crippen LogP contribution in [0.25, 0.3) is 0 Å². The molecule has 0 amide bonds. The summed E-state index contributed by atoms with van der Waals surface area (Å²) in [7, 11) is 11.8. The fourth-order valence-corrected chi connectivity index (χ4v) is 6.91. The molecule has 7 unspecified atom stereocenters. The Kier molecular flexibility index (Phi) is 63.1. The van der Waals surface area contributed by atoms with Crippen molar-refractivity contribution in [3.05, 3.63) is 12.8 Å². The lowest BCUT2D eigenvalue weighted by Crippen LogP contribution is -2.18. The van der Waals surface area contributed by atoms with Gasteiger partial charge in [0.1, 0.15) is 54.9 Å². The Morgan fingerprint density at radius 3 is 1.16 bits per heavy atom. The van der Waals surface area contributed by atoms with Crippen molar-refractivity contribution < 1.29 is 104 Å². The number of epoxide rings is 7. The molecule has 7 fully saturated rings. The Labute approximate surface area is 527 Å². The van der Waals surface area contributed by atoms with Gasteiger partial charge in [-0.2, -0.15) is 0 Å². The Hall–Kier alpha value is -1.75. The number of hydrogen-bond acceptors (Lipinski definition) is 22. The van der Waals surface area contributed by atoms with E-state index < -0.39 is 0 Å². The maximum atomic E-state index is 10.9. The van der Waals surface area contributed by atoms with E-state index in [2.05, 4.69) is 32.1 Å². The second-order valence-corrected chi connectivity index (χ2v) is 22.2. The highest BCUT2D eigenvalue weighted by atomic mass is 16.6. The van der Waals surface area contributed by atoms with E-state index in [0.29, 0.717) is 70.5 Å². The molecule has 0 aromatic carbocycles. The highest BCUT2D eigenvalue weighted by Gasteiger charge is 2.43. The van der Waals surface area contributed by atoms with Gasteiger partial charge >= 0.3 is 5.97 Å². The summed E-state index contributed by atoms with van der Waals surface area (Å²) in [6, 6.07) is 0. The molecule has 0 spiro atoms. The first-order valence-electron chi connectivity index (χ1n) is 32.6. The van der Waals surface area contributed by atoms with Crippen LogP contribution < -0.4 is 0 Å². The average Bonchev–Trinajstić information content (AvgIpc) is 4.42.